The van der Waals surface area contributed by atoms with Gasteiger partial charge in [0, 0.05) is 11.3 Å². The van der Waals surface area contributed by atoms with Gasteiger partial charge in [-0.1, -0.05) is 12.1 Å². The van der Waals surface area contributed by atoms with E-state index in [1.807, 2.05) is 0 Å². The molecule has 2 aromatic rings. The molecule has 0 fully saturated rings. The molecule has 1 heterocycles. The van der Waals surface area contributed by atoms with Crippen LogP contribution in [-0.2, 0) is 6.18 Å². The number of aromatic nitrogens is 1. The second-order valence-electron chi connectivity index (χ2n) is 3.92. The van der Waals surface area contributed by atoms with Crippen LogP contribution >= 0.6 is 11.3 Å². The summed E-state index contributed by atoms with van der Waals surface area (Å²) in [6, 6.07) is 4.57. The molecule has 1 aromatic carbocycles. The summed E-state index contributed by atoms with van der Waals surface area (Å²) in [4.78, 5) is 4.11. The summed E-state index contributed by atoms with van der Waals surface area (Å²) >= 11 is 1.04. The number of hydrogen-bond donors (Lipinski definition) is 2. The number of rotatable bonds is 2. The van der Waals surface area contributed by atoms with Gasteiger partial charge in [0.05, 0.1) is 10.3 Å². The van der Waals surface area contributed by atoms with Crippen LogP contribution in [0.1, 0.15) is 11.3 Å². The molecule has 0 bridgehead atoms. The van der Waals surface area contributed by atoms with Gasteiger partial charge < -0.3 is 10.0 Å². The summed E-state index contributed by atoms with van der Waals surface area (Å²) in [5.74, 6) is 0. The van der Waals surface area contributed by atoms with Crippen LogP contribution in [0.5, 0.6) is 0 Å². The average molecular weight is 287 g/mol. The Morgan fingerprint density at radius 3 is 2.16 bits per heavy atom. The Hall–Kier alpha value is -1.38. The number of benzene rings is 1. The van der Waals surface area contributed by atoms with E-state index in [1.54, 1.807) is 6.92 Å². The quantitative estimate of drug-likeness (QED) is 0.828. The van der Waals surface area contributed by atoms with Crippen molar-refractivity contribution in [2.24, 2.45) is 0 Å². The lowest BCUT2D eigenvalue weighted by molar-refractivity contribution is -0.137. The molecule has 0 amide bonds. The van der Waals surface area contributed by atoms with Crippen LogP contribution in [0.15, 0.2) is 24.3 Å². The SMILES string of the molecule is Cc1nc(-c2ccc(C(F)(F)F)cc2)sc1B(O)O. The van der Waals surface area contributed by atoms with E-state index in [2.05, 4.69) is 4.98 Å². The van der Waals surface area contributed by atoms with Crippen molar-refractivity contribution in [1.29, 1.82) is 0 Å². The highest BCUT2D eigenvalue weighted by molar-refractivity contribution is 7.24. The molecule has 0 aliphatic heterocycles. The van der Waals surface area contributed by atoms with Gasteiger partial charge in [-0.15, -0.1) is 11.3 Å². The number of hydrogen-bond acceptors (Lipinski definition) is 4. The summed E-state index contributed by atoms with van der Waals surface area (Å²) < 4.78 is 37.5. The van der Waals surface area contributed by atoms with Gasteiger partial charge in [-0.05, 0) is 19.1 Å². The van der Waals surface area contributed by atoms with Crippen molar-refractivity contribution in [3.63, 3.8) is 0 Å². The van der Waals surface area contributed by atoms with Crippen LogP contribution in [0.4, 0.5) is 13.2 Å². The topological polar surface area (TPSA) is 53.4 Å². The highest BCUT2D eigenvalue weighted by Gasteiger charge is 2.30. The molecule has 3 nitrogen and oxygen atoms in total. The number of alkyl halides is 3. The number of aryl methyl sites for hydroxylation is 1. The van der Waals surface area contributed by atoms with E-state index >= 15 is 0 Å². The Balaban J connectivity index is 2.35. The first-order valence-electron chi connectivity index (χ1n) is 5.30. The van der Waals surface area contributed by atoms with Crippen molar-refractivity contribution in [2.45, 2.75) is 13.1 Å². The van der Waals surface area contributed by atoms with Gasteiger partial charge in [-0.2, -0.15) is 13.2 Å². The Morgan fingerprint density at radius 2 is 1.74 bits per heavy atom. The predicted molar refractivity (Wildman–Crippen MR) is 67.1 cm³/mol. The van der Waals surface area contributed by atoms with E-state index in [0.29, 0.717) is 16.3 Å². The van der Waals surface area contributed by atoms with Crippen LogP contribution < -0.4 is 4.78 Å². The summed E-state index contributed by atoms with van der Waals surface area (Å²) in [6.07, 6.45) is -4.37. The maximum absolute atomic E-state index is 12.4. The molecule has 0 aliphatic rings. The maximum Gasteiger partial charge on any atom is 0.501 e. The minimum atomic E-state index is -4.37. The van der Waals surface area contributed by atoms with Crippen LogP contribution in [0.3, 0.4) is 0 Å². The van der Waals surface area contributed by atoms with Gasteiger partial charge in [-0.25, -0.2) is 4.98 Å². The molecule has 2 N–H and O–H groups in total. The van der Waals surface area contributed by atoms with Crippen LogP contribution in [0.25, 0.3) is 10.6 Å². The predicted octanol–water partition coefficient (Wildman–Crippen LogP) is 1.82. The molecule has 0 radical (unpaired) electrons. The first-order valence-corrected chi connectivity index (χ1v) is 6.12. The summed E-state index contributed by atoms with van der Waals surface area (Å²) in [7, 11) is -1.62. The lowest BCUT2D eigenvalue weighted by Gasteiger charge is -2.06. The molecule has 0 unspecified atom stereocenters. The first-order chi connectivity index (χ1) is 8.79. The van der Waals surface area contributed by atoms with Crippen molar-refractivity contribution in [3.05, 3.63) is 35.5 Å². The number of nitrogens with zero attached hydrogens (tertiary/aromatic N) is 1. The van der Waals surface area contributed by atoms with Crippen molar-refractivity contribution >= 4 is 23.2 Å². The normalized spacial score (nSPS) is 11.7. The summed E-state index contributed by atoms with van der Waals surface area (Å²) in [6.45, 7) is 1.61. The van der Waals surface area contributed by atoms with Gasteiger partial charge in [0.1, 0.15) is 5.01 Å². The monoisotopic (exact) mass is 287 g/mol. The molecule has 1 aromatic heterocycles. The highest BCUT2D eigenvalue weighted by atomic mass is 32.1. The third-order valence-electron chi connectivity index (χ3n) is 2.53. The molecule has 0 spiro atoms. The third kappa shape index (κ3) is 2.97. The number of thiazole rings is 1. The van der Waals surface area contributed by atoms with Crippen LogP contribution in [0, 0.1) is 6.92 Å². The maximum atomic E-state index is 12.4. The summed E-state index contributed by atoms with van der Waals surface area (Å²) in [5.41, 5.74) is 0.231. The average Bonchev–Trinajstić information content (AvgIpc) is 2.70. The van der Waals surface area contributed by atoms with Crippen LogP contribution in [0.2, 0.25) is 0 Å². The molecule has 100 valence electrons. The Bertz CT molecular complexity index is 581. The number of halogens is 3. The Morgan fingerprint density at radius 1 is 1.16 bits per heavy atom. The van der Waals surface area contributed by atoms with Crippen molar-refractivity contribution in [3.8, 4) is 10.6 Å². The zero-order valence-electron chi connectivity index (χ0n) is 9.77. The Labute approximate surface area is 111 Å². The van der Waals surface area contributed by atoms with Gasteiger partial charge in [0.25, 0.3) is 0 Å². The second-order valence-corrected chi connectivity index (χ2v) is 4.95. The Kier molecular flexibility index (Phi) is 3.66. The summed E-state index contributed by atoms with van der Waals surface area (Å²) in [5, 5.41) is 18.6. The molecule has 8 heteroatoms. The fourth-order valence-corrected chi connectivity index (χ4v) is 2.52. The molecule has 2 rings (SSSR count). The van der Waals surface area contributed by atoms with E-state index in [1.165, 1.54) is 12.1 Å². The lowest BCUT2D eigenvalue weighted by atomic mass is 9.88. The minimum absolute atomic E-state index is 0.287. The largest absolute Gasteiger partial charge is 0.501 e. The van der Waals surface area contributed by atoms with Crippen molar-refractivity contribution in [2.75, 3.05) is 0 Å². The van der Waals surface area contributed by atoms with Crippen molar-refractivity contribution in [1.82, 2.24) is 4.98 Å². The molecule has 0 atom stereocenters. The van der Waals surface area contributed by atoms with E-state index < -0.39 is 18.9 Å². The van der Waals surface area contributed by atoms with Gasteiger partial charge in [0.2, 0.25) is 0 Å². The molecule has 0 aliphatic carbocycles. The molecule has 19 heavy (non-hydrogen) atoms. The second kappa shape index (κ2) is 4.95. The standard InChI is InChI=1S/C11H9BF3NO2S/c1-6-9(12(17)18)19-10(16-6)7-2-4-8(5-3-7)11(13,14)15/h2-5,17-18H,1H3. The minimum Gasteiger partial charge on any atom is -0.423 e. The molecule has 0 saturated carbocycles. The fourth-order valence-electron chi connectivity index (χ4n) is 1.57. The van der Waals surface area contributed by atoms with Crippen LogP contribution in [-0.4, -0.2) is 22.2 Å². The van der Waals surface area contributed by atoms with Gasteiger partial charge >= 0.3 is 13.3 Å². The molecule has 0 saturated heterocycles. The molecular weight excluding hydrogens is 278 g/mol. The van der Waals surface area contributed by atoms with E-state index in [0.717, 1.165) is 23.5 Å². The molecular formula is C11H9BF3NO2S. The smallest absolute Gasteiger partial charge is 0.423 e. The first kappa shape index (κ1) is 14.0. The third-order valence-corrected chi connectivity index (χ3v) is 3.77. The highest BCUT2D eigenvalue weighted by Crippen LogP contribution is 2.31. The fraction of sp³-hybridized carbons (Fsp3) is 0.182. The van der Waals surface area contributed by atoms with E-state index in [-0.39, 0.29) is 4.78 Å². The lowest BCUT2D eigenvalue weighted by Crippen LogP contribution is -2.28. The zero-order chi connectivity index (χ0) is 14.2. The van der Waals surface area contributed by atoms with Crippen molar-refractivity contribution < 1.29 is 23.2 Å². The van der Waals surface area contributed by atoms with Gasteiger partial charge in [0.15, 0.2) is 0 Å². The zero-order valence-corrected chi connectivity index (χ0v) is 10.6. The van der Waals surface area contributed by atoms with E-state index in [4.69, 9.17) is 10.0 Å². The van der Waals surface area contributed by atoms with E-state index in [9.17, 15) is 13.2 Å². The van der Waals surface area contributed by atoms with Gasteiger partial charge in [-0.3, -0.25) is 0 Å².